The second kappa shape index (κ2) is 5.29. The fraction of sp³-hybridized carbons (Fsp3) is 0.400. The van der Waals surface area contributed by atoms with Gasteiger partial charge in [-0.1, -0.05) is 6.42 Å². The van der Waals surface area contributed by atoms with Crippen LogP contribution in [-0.2, 0) is 0 Å². The van der Waals surface area contributed by atoms with Gasteiger partial charge in [-0.2, -0.15) is 11.8 Å². The van der Waals surface area contributed by atoms with Crippen molar-refractivity contribution >= 4 is 34.0 Å². The summed E-state index contributed by atoms with van der Waals surface area (Å²) in [6.07, 6.45) is 7.95. The Morgan fingerprint density at radius 3 is 3.05 bits per heavy atom. The van der Waals surface area contributed by atoms with Crippen LogP contribution in [0.4, 0.5) is 11.4 Å². The van der Waals surface area contributed by atoms with Crippen molar-refractivity contribution in [2.75, 3.05) is 17.3 Å². The van der Waals surface area contributed by atoms with E-state index >= 15 is 0 Å². The number of hydrogen-bond donors (Lipinski definition) is 2. The Hall–Kier alpha value is -1.42. The maximum absolute atomic E-state index is 5.82. The van der Waals surface area contributed by atoms with Gasteiger partial charge in [0.1, 0.15) is 0 Å². The fourth-order valence-electron chi connectivity index (χ4n) is 2.86. The summed E-state index contributed by atoms with van der Waals surface area (Å²) in [6.45, 7) is 0. The van der Waals surface area contributed by atoms with Crippen LogP contribution in [0.5, 0.6) is 0 Å². The molecule has 0 aliphatic heterocycles. The van der Waals surface area contributed by atoms with Gasteiger partial charge in [0.2, 0.25) is 0 Å². The van der Waals surface area contributed by atoms with Gasteiger partial charge in [-0.3, -0.25) is 4.98 Å². The van der Waals surface area contributed by atoms with Crippen molar-refractivity contribution in [1.29, 1.82) is 0 Å². The van der Waals surface area contributed by atoms with Crippen LogP contribution in [0.3, 0.4) is 0 Å². The molecule has 1 aromatic carbocycles. The van der Waals surface area contributed by atoms with E-state index in [0.29, 0.717) is 6.04 Å². The Labute approximate surface area is 118 Å². The minimum Gasteiger partial charge on any atom is -0.399 e. The lowest BCUT2D eigenvalue weighted by Gasteiger charge is -2.21. The molecule has 0 amide bonds. The van der Waals surface area contributed by atoms with E-state index in [9.17, 15) is 0 Å². The van der Waals surface area contributed by atoms with Gasteiger partial charge in [-0.05, 0) is 43.4 Å². The smallest absolute Gasteiger partial charge is 0.0743 e. The van der Waals surface area contributed by atoms with Crippen molar-refractivity contribution in [2.45, 2.75) is 30.6 Å². The Balaban J connectivity index is 1.92. The quantitative estimate of drug-likeness (QED) is 0.840. The van der Waals surface area contributed by atoms with Crippen molar-refractivity contribution in [3.05, 3.63) is 30.5 Å². The minimum atomic E-state index is 0.568. The second-order valence-electron chi connectivity index (χ2n) is 5.09. The lowest BCUT2D eigenvalue weighted by atomic mass is 10.1. The maximum atomic E-state index is 5.82. The highest BCUT2D eigenvalue weighted by atomic mass is 32.2. The molecule has 0 spiro atoms. The normalized spacial score (nSPS) is 22.8. The Morgan fingerprint density at radius 1 is 1.32 bits per heavy atom. The molecule has 100 valence electrons. The van der Waals surface area contributed by atoms with Crippen molar-refractivity contribution in [2.24, 2.45) is 0 Å². The van der Waals surface area contributed by atoms with Crippen LogP contribution in [0, 0.1) is 0 Å². The molecule has 1 saturated carbocycles. The molecule has 1 aliphatic carbocycles. The number of nitrogens with two attached hydrogens (primary N) is 1. The van der Waals surface area contributed by atoms with Crippen LogP contribution >= 0.6 is 11.8 Å². The number of aromatic nitrogens is 1. The lowest BCUT2D eigenvalue weighted by molar-refractivity contribution is 0.770. The average Bonchev–Trinajstić information content (AvgIpc) is 2.86. The molecule has 2 unspecified atom stereocenters. The number of fused-ring (bicyclic) bond motifs is 1. The van der Waals surface area contributed by atoms with Gasteiger partial charge >= 0.3 is 0 Å². The molecule has 0 radical (unpaired) electrons. The van der Waals surface area contributed by atoms with Gasteiger partial charge in [-0.25, -0.2) is 0 Å². The zero-order valence-electron chi connectivity index (χ0n) is 11.1. The van der Waals surface area contributed by atoms with Gasteiger partial charge in [0.05, 0.1) is 5.52 Å². The predicted octanol–water partition coefficient (Wildman–Crippen LogP) is 3.51. The molecule has 1 heterocycles. The molecule has 2 atom stereocenters. The summed E-state index contributed by atoms with van der Waals surface area (Å²) < 4.78 is 0. The van der Waals surface area contributed by atoms with E-state index in [1.807, 2.05) is 30.1 Å². The summed E-state index contributed by atoms with van der Waals surface area (Å²) >= 11 is 1.97. The van der Waals surface area contributed by atoms with E-state index in [2.05, 4.69) is 28.7 Å². The summed E-state index contributed by atoms with van der Waals surface area (Å²) in [5.41, 5.74) is 8.72. The molecule has 19 heavy (non-hydrogen) atoms. The molecule has 3 nitrogen and oxygen atoms in total. The third kappa shape index (κ3) is 2.50. The van der Waals surface area contributed by atoms with Gasteiger partial charge in [0, 0.05) is 34.2 Å². The first-order chi connectivity index (χ1) is 9.28. The van der Waals surface area contributed by atoms with Gasteiger partial charge in [-0.15, -0.1) is 0 Å². The molecular weight excluding hydrogens is 254 g/mol. The Kier molecular flexibility index (Phi) is 3.51. The van der Waals surface area contributed by atoms with E-state index in [0.717, 1.165) is 21.8 Å². The summed E-state index contributed by atoms with van der Waals surface area (Å²) in [6, 6.07) is 8.56. The van der Waals surface area contributed by atoms with Crippen LogP contribution in [0.15, 0.2) is 30.5 Å². The number of benzene rings is 1. The molecule has 0 saturated heterocycles. The third-order valence-electron chi connectivity index (χ3n) is 3.86. The van der Waals surface area contributed by atoms with Crippen molar-refractivity contribution in [1.82, 2.24) is 4.98 Å². The van der Waals surface area contributed by atoms with E-state index in [-0.39, 0.29) is 0 Å². The fourth-order valence-corrected chi connectivity index (χ4v) is 3.80. The van der Waals surface area contributed by atoms with Crippen molar-refractivity contribution in [3.8, 4) is 0 Å². The number of nitrogens with zero attached hydrogens (tertiary/aromatic N) is 1. The second-order valence-corrected chi connectivity index (χ2v) is 6.17. The SMILES string of the molecule is CSC1CCCC1Nc1ccnc2cc(N)ccc12. The predicted molar refractivity (Wildman–Crippen MR) is 84.7 cm³/mol. The number of nitrogens with one attached hydrogen (secondary N) is 1. The summed E-state index contributed by atoms with van der Waals surface area (Å²) in [4.78, 5) is 4.39. The van der Waals surface area contributed by atoms with Gasteiger partial charge in [0.15, 0.2) is 0 Å². The highest BCUT2D eigenvalue weighted by Gasteiger charge is 2.26. The zero-order chi connectivity index (χ0) is 13.2. The molecular formula is C15H19N3S. The van der Waals surface area contributed by atoms with Gasteiger partial charge in [0.25, 0.3) is 0 Å². The summed E-state index contributed by atoms with van der Waals surface area (Å²) in [7, 11) is 0. The summed E-state index contributed by atoms with van der Waals surface area (Å²) in [5.74, 6) is 0. The van der Waals surface area contributed by atoms with E-state index in [1.54, 1.807) is 0 Å². The lowest BCUT2D eigenvalue weighted by Crippen LogP contribution is -2.25. The van der Waals surface area contributed by atoms with E-state index in [4.69, 9.17) is 5.73 Å². The van der Waals surface area contributed by atoms with Gasteiger partial charge < -0.3 is 11.1 Å². The largest absolute Gasteiger partial charge is 0.399 e. The molecule has 1 aliphatic rings. The molecule has 3 N–H and O–H groups in total. The number of nitrogen functional groups attached to an aromatic ring is 1. The maximum Gasteiger partial charge on any atom is 0.0743 e. The topological polar surface area (TPSA) is 50.9 Å². The summed E-state index contributed by atoms with van der Waals surface area (Å²) in [5, 5.41) is 5.58. The molecule has 4 heteroatoms. The Bertz CT molecular complexity index is 585. The van der Waals surface area contributed by atoms with Crippen molar-refractivity contribution in [3.63, 3.8) is 0 Å². The first-order valence-electron chi connectivity index (χ1n) is 6.71. The molecule has 1 aromatic heterocycles. The van der Waals surface area contributed by atoms with Crippen LogP contribution in [0.25, 0.3) is 10.9 Å². The van der Waals surface area contributed by atoms with E-state index in [1.165, 1.54) is 24.9 Å². The number of anilines is 2. The first kappa shape index (κ1) is 12.6. The monoisotopic (exact) mass is 273 g/mol. The molecule has 1 fully saturated rings. The number of thioether (sulfide) groups is 1. The highest BCUT2D eigenvalue weighted by Crippen LogP contribution is 2.32. The third-order valence-corrected chi connectivity index (χ3v) is 5.03. The molecule has 0 bridgehead atoms. The molecule has 2 aromatic rings. The van der Waals surface area contributed by atoms with Crippen LogP contribution in [0.2, 0.25) is 0 Å². The minimum absolute atomic E-state index is 0.568. The first-order valence-corrected chi connectivity index (χ1v) is 8.00. The number of hydrogen-bond acceptors (Lipinski definition) is 4. The Morgan fingerprint density at radius 2 is 2.21 bits per heavy atom. The number of pyridine rings is 1. The standard InChI is InChI=1S/C15H19N3S/c1-19-15-4-2-3-13(15)18-12-7-8-17-14-9-10(16)5-6-11(12)14/h5-9,13,15H,2-4,16H2,1H3,(H,17,18). The molecule has 3 rings (SSSR count). The van der Waals surface area contributed by atoms with Crippen LogP contribution in [-0.4, -0.2) is 22.5 Å². The highest BCUT2D eigenvalue weighted by molar-refractivity contribution is 7.99. The van der Waals surface area contributed by atoms with Crippen LogP contribution < -0.4 is 11.1 Å². The van der Waals surface area contributed by atoms with E-state index < -0.39 is 0 Å². The average molecular weight is 273 g/mol. The zero-order valence-corrected chi connectivity index (χ0v) is 11.9. The number of rotatable bonds is 3. The van der Waals surface area contributed by atoms with Crippen LogP contribution in [0.1, 0.15) is 19.3 Å². The van der Waals surface area contributed by atoms with Crippen molar-refractivity contribution < 1.29 is 0 Å².